The molecule has 1 aromatic heterocycles. The maximum absolute atomic E-state index is 15.0. The highest BCUT2D eigenvalue weighted by atomic mass is 32.2. The molecule has 2 heterocycles. The summed E-state index contributed by atoms with van der Waals surface area (Å²) in [5.41, 5.74) is 5.24. The fourth-order valence-corrected chi connectivity index (χ4v) is 6.80. The summed E-state index contributed by atoms with van der Waals surface area (Å²) in [4.78, 5) is 2.58. The summed E-state index contributed by atoms with van der Waals surface area (Å²) in [6.07, 6.45) is 3.12. The third-order valence-electron chi connectivity index (χ3n) is 6.77. The summed E-state index contributed by atoms with van der Waals surface area (Å²) in [5, 5.41) is 6.52. The van der Waals surface area contributed by atoms with Crippen LogP contribution >= 0.6 is 11.8 Å². The van der Waals surface area contributed by atoms with Crippen molar-refractivity contribution in [1.29, 1.82) is 0 Å². The van der Waals surface area contributed by atoms with Gasteiger partial charge in [-0.25, -0.2) is 8.96 Å². The fraction of sp³-hybridized carbons (Fsp3) is 0.207. The van der Waals surface area contributed by atoms with Crippen LogP contribution in [0.25, 0.3) is 43.6 Å². The number of nitrogens with zero attached hydrogens (tertiary/aromatic N) is 1. The van der Waals surface area contributed by atoms with Gasteiger partial charge in [0.1, 0.15) is 12.9 Å². The Morgan fingerprint density at radius 2 is 1.72 bits per heavy atom. The molecule has 1 aliphatic rings. The van der Waals surface area contributed by atoms with Gasteiger partial charge in [-0.3, -0.25) is 0 Å². The Kier molecular flexibility index (Phi) is 4.35. The minimum Gasteiger partial charge on any atom is -0.206 e. The molecule has 0 fully saturated rings. The molecule has 0 aliphatic carbocycles. The number of benzene rings is 4. The van der Waals surface area contributed by atoms with Crippen LogP contribution in [0.1, 0.15) is 25.0 Å². The Bertz CT molecular complexity index is 1580. The van der Waals surface area contributed by atoms with Gasteiger partial charge in [0.05, 0.1) is 10.9 Å². The maximum atomic E-state index is 15.0. The predicted octanol–water partition coefficient (Wildman–Crippen LogP) is 7.75. The lowest BCUT2D eigenvalue weighted by molar-refractivity contribution is -0.659. The zero-order chi connectivity index (χ0) is 22.1. The van der Waals surface area contributed by atoms with Crippen LogP contribution in [0.15, 0.2) is 70.6 Å². The number of halogens is 1. The normalized spacial score (nSPS) is 12.8. The molecule has 0 unspecified atom stereocenters. The number of pyridine rings is 1. The van der Waals surface area contributed by atoms with Gasteiger partial charge in [0.15, 0.2) is 6.20 Å². The van der Waals surface area contributed by atoms with Crippen LogP contribution < -0.4 is 4.57 Å². The quantitative estimate of drug-likeness (QED) is 0.197. The molecule has 0 radical (unpaired) electrons. The first-order valence-corrected chi connectivity index (χ1v) is 12.0. The lowest BCUT2D eigenvalue weighted by Crippen LogP contribution is -2.32. The Morgan fingerprint density at radius 1 is 0.938 bits per heavy atom. The molecular weight excluding hydrogens is 413 g/mol. The standard InChI is InChI=1S/C29H25FNS/c1-16(2)14-22-20-10-6-5-9-19(20)17(3)25-28-27-21(12-13-31(28)4)26-18(8-7-11-23(26)30)15-24(27)32-29(22)25/h5-13,15-16H,14H2,1-4H3/q+1. The fourth-order valence-electron chi connectivity index (χ4n) is 5.42. The Hall–Kier alpha value is -2.91. The van der Waals surface area contributed by atoms with Gasteiger partial charge in [-0.1, -0.05) is 62.0 Å². The average Bonchev–Trinajstić information content (AvgIpc) is 2.77. The number of aryl methyl sites for hydroxylation is 2. The van der Waals surface area contributed by atoms with Crippen molar-refractivity contribution in [1.82, 2.24) is 0 Å². The topological polar surface area (TPSA) is 3.88 Å². The highest BCUT2D eigenvalue weighted by Crippen LogP contribution is 2.53. The van der Waals surface area contributed by atoms with Gasteiger partial charge in [0.25, 0.3) is 0 Å². The molecule has 0 bridgehead atoms. The van der Waals surface area contributed by atoms with Crippen molar-refractivity contribution in [2.24, 2.45) is 13.0 Å². The van der Waals surface area contributed by atoms with Gasteiger partial charge in [-0.15, -0.1) is 0 Å². The molecule has 1 nitrogen and oxygen atoms in total. The zero-order valence-corrected chi connectivity index (χ0v) is 19.6. The second-order valence-electron chi connectivity index (χ2n) is 9.33. The molecule has 1 aliphatic heterocycles. The maximum Gasteiger partial charge on any atom is 0.222 e. The van der Waals surface area contributed by atoms with Crippen molar-refractivity contribution in [3.8, 4) is 11.3 Å². The van der Waals surface area contributed by atoms with Crippen molar-refractivity contribution >= 4 is 44.1 Å². The van der Waals surface area contributed by atoms with E-state index in [0.717, 1.165) is 22.6 Å². The molecule has 3 heteroatoms. The second kappa shape index (κ2) is 7.05. The molecule has 5 aromatic rings. The monoisotopic (exact) mass is 438 g/mol. The third kappa shape index (κ3) is 2.67. The van der Waals surface area contributed by atoms with E-state index in [2.05, 4.69) is 75.0 Å². The van der Waals surface area contributed by atoms with Crippen LogP contribution in [0.3, 0.4) is 0 Å². The number of fused-ring (bicyclic) bond motifs is 5. The number of aromatic nitrogens is 1. The van der Waals surface area contributed by atoms with Crippen LogP contribution in [0, 0.1) is 18.7 Å². The summed E-state index contributed by atoms with van der Waals surface area (Å²) >= 11 is 1.87. The smallest absolute Gasteiger partial charge is 0.206 e. The van der Waals surface area contributed by atoms with E-state index in [0.29, 0.717) is 5.92 Å². The van der Waals surface area contributed by atoms with Crippen LogP contribution in [0.5, 0.6) is 0 Å². The van der Waals surface area contributed by atoms with Gasteiger partial charge in [-0.05, 0) is 58.7 Å². The van der Waals surface area contributed by atoms with Gasteiger partial charge in [0.2, 0.25) is 5.69 Å². The third-order valence-corrected chi connectivity index (χ3v) is 7.96. The molecule has 4 aromatic carbocycles. The van der Waals surface area contributed by atoms with E-state index in [1.54, 1.807) is 6.07 Å². The van der Waals surface area contributed by atoms with Crippen LogP contribution in [0.2, 0.25) is 0 Å². The molecule has 158 valence electrons. The van der Waals surface area contributed by atoms with Crippen molar-refractivity contribution in [2.75, 3.05) is 0 Å². The molecule has 0 atom stereocenters. The highest BCUT2D eigenvalue weighted by molar-refractivity contribution is 8.00. The van der Waals surface area contributed by atoms with Crippen LogP contribution in [0.4, 0.5) is 4.39 Å². The second-order valence-corrected chi connectivity index (χ2v) is 10.4. The molecular formula is C29H25FNS+. The van der Waals surface area contributed by atoms with Crippen molar-refractivity contribution in [3.63, 3.8) is 0 Å². The largest absolute Gasteiger partial charge is 0.222 e. The van der Waals surface area contributed by atoms with E-state index in [4.69, 9.17) is 0 Å². The Morgan fingerprint density at radius 3 is 2.50 bits per heavy atom. The summed E-state index contributed by atoms with van der Waals surface area (Å²) in [6, 6.07) is 18.5. The summed E-state index contributed by atoms with van der Waals surface area (Å²) in [7, 11) is 2.11. The minimum absolute atomic E-state index is 0.152. The number of hydrogen-bond acceptors (Lipinski definition) is 1. The first-order valence-electron chi connectivity index (χ1n) is 11.2. The van der Waals surface area contributed by atoms with E-state index in [1.807, 2.05) is 23.9 Å². The van der Waals surface area contributed by atoms with Crippen molar-refractivity contribution < 1.29 is 8.96 Å². The Labute approximate surface area is 191 Å². The van der Waals surface area contributed by atoms with Crippen molar-refractivity contribution in [3.05, 3.63) is 77.7 Å². The van der Waals surface area contributed by atoms with Gasteiger partial charge in [0, 0.05) is 26.6 Å². The van der Waals surface area contributed by atoms with Gasteiger partial charge >= 0.3 is 0 Å². The van der Waals surface area contributed by atoms with E-state index in [1.165, 1.54) is 48.3 Å². The van der Waals surface area contributed by atoms with E-state index >= 15 is 0 Å². The zero-order valence-electron chi connectivity index (χ0n) is 18.8. The summed E-state index contributed by atoms with van der Waals surface area (Å²) in [5.74, 6) is 0.405. The lowest BCUT2D eigenvalue weighted by Gasteiger charge is -2.25. The molecule has 0 amide bonds. The van der Waals surface area contributed by atoms with E-state index < -0.39 is 0 Å². The van der Waals surface area contributed by atoms with E-state index in [9.17, 15) is 4.39 Å². The number of rotatable bonds is 2. The van der Waals surface area contributed by atoms with Gasteiger partial charge < -0.3 is 0 Å². The molecule has 0 spiro atoms. The van der Waals surface area contributed by atoms with Crippen molar-refractivity contribution in [2.45, 2.75) is 37.0 Å². The first-order chi connectivity index (χ1) is 15.5. The predicted molar refractivity (Wildman–Crippen MR) is 133 cm³/mol. The summed E-state index contributed by atoms with van der Waals surface area (Å²) < 4.78 is 17.2. The van der Waals surface area contributed by atoms with E-state index in [-0.39, 0.29) is 5.82 Å². The summed E-state index contributed by atoms with van der Waals surface area (Å²) in [6.45, 7) is 6.82. The van der Waals surface area contributed by atoms with Gasteiger partial charge in [-0.2, -0.15) is 0 Å². The first kappa shape index (κ1) is 19.8. The molecule has 6 rings (SSSR count). The average molecular weight is 439 g/mol. The molecule has 0 saturated carbocycles. The lowest BCUT2D eigenvalue weighted by atomic mass is 9.88. The SMILES string of the molecule is Cc1c2c(c(CC(C)C)c3ccccc13)Sc1cc3cccc(F)c3c3cc[n+](C)c-2c13. The van der Waals surface area contributed by atoms with Crippen LogP contribution in [-0.4, -0.2) is 0 Å². The van der Waals surface area contributed by atoms with Crippen LogP contribution in [-0.2, 0) is 13.5 Å². The minimum atomic E-state index is -0.152. The molecule has 0 saturated heterocycles. The molecule has 0 N–H and O–H groups in total. The highest BCUT2D eigenvalue weighted by Gasteiger charge is 2.32. The number of hydrogen-bond donors (Lipinski definition) is 0. The molecule has 32 heavy (non-hydrogen) atoms. The Balaban J connectivity index is 1.84.